The van der Waals surface area contributed by atoms with Crippen molar-refractivity contribution in [1.82, 2.24) is 0 Å². The third kappa shape index (κ3) is 2.57. The van der Waals surface area contributed by atoms with Gasteiger partial charge in [-0.2, -0.15) is 4.90 Å². The Labute approximate surface area is 88.1 Å². The first kappa shape index (κ1) is 11.1. The fourth-order valence-corrected chi connectivity index (χ4v) is 1.28. The molecule has 0 fully saturated rings. The Morgan fingerprint density at radius 1 is 1.00 bits per heavy atom. The molecule has 0 bridgehead atoms. The quantitative estimate of drug-likeness (QED) is 0.501. The van der Waals surface area contributed by atoms with Gasteiger partial charge in [-0.15, -0.1) is 0 Å². The predicted molar refractivity (Wildman–Crippen MR) is 46.3 cm³/mol. The van der Waals surface area contributed by atoms with Crippen molar-refractivity contribution >= 4 is 12.6 Å². The van der Waals surface area contributed by atoms with Crippen LogP contribution >= 0.6 is 0 Å². The molecule has 0 heterocycles. The van der Waals surface area contributed by atoms with Gasteiger partial charge in [-0.1, -0.05) is 28.8 Å². The van der Waals surface area contributed by atoms with E-state index in [9.17, 15) is 0 Å². The molecule has 1 aromatic rings. The molecular formula is C9H11MoS+3. The summed E-state index contributed by atoms with van der Waals surface area (Å²) in [5.74, 6) is 0. The molecule has 0 saturated heterocycles. The van der Waals surface area contributed by atoms with Gasteiger partial charge in [-0.25, -0.2) is 0 Å². The topological polar surface area (TPSA) is 0 Å². The van der Waals surface area contributed by atoms with E-state index in [1.54, 1.807) is 0 Å². The normalized spacial score (nSPS) is 9.00. The summed E-state index contributed by atoms with van der Waals surface area (Å²) in [4.78, 5) is 1.01. The number of aryl methyl sites for hydroxylation is 3. The SMILES string of the molecule is Cc1cc(C)c([S-])c(C)c1.[Mo+4]. The summed E-state index contributed by atoms with van der Waals surface area (Å²) < 4.78 is 0. The van der Waals surface area contributed by atoms with Crippen molar-refractivity contribution in [2.24, 2.45) is 0 Å². The molecule has 0 aliphatic heterocycles. The Balaban J connectivity index is 0.000001000. The number of rotatable bonds is 0. The van der Waals surface area contributed by atoms with Crippen LogP contribution in [0.25, 0.3) is 0 Å². The predicted octanol–water partition coefficient (Wildman–Crippen LogP) is 2.52. The van der Waals surface area contributed by atoms with Crippen LogP contribution in [0.3, 0.4) is 0 Å². The molecule has 0 spiro atoms. The molecule has 0 N–H and O–H groups in total. The molecule has 56 valence electrons. The van der Waals surface area contributed by atoms with Crippen molar-refractivity contribution in [2.45, 2.75) is 25.7 Å². The largest absolute Gasteiger partial charge is 4.00 e. The molecule has 0 atom stereocenters. The van der Waals surface area contributed by atoms with Gasteiger partial charge in [0.05, 0.1) is 0 Å². The number of benzene rings is 1. The molecule has 2 heteroatoms. The molecule has 1 rings (SSSR count). The minimum atomic E-state index is 0. The molecule has 0 aliphatic carbocycles. The van der Waals surface area contributed by atoms with E-state index < -0.39 is 0 Å². The van der Waals surface area contributed by atoms with E-state index >= 15 is 0 Å². The summed E-state index contributed by atoms with van der Waals surface area (Å²) in [5, 5.41) is 0. The molecule has 0 aromatic heterocycles. The third-order valence-electron chi connectivity index (χ3n) is 1.60. The van der Waals surface area contributed by atoms with Crippen molar-refractivity contribution in [3.05, 3.63) is 28.8 Å². The van der Waals surface area contributed by atoms with Gasteiger partial charge in [0, 0.05) is 0 Å². The Morgan fingerprint density at radius 3 is 1.73 bits per heavy atom. The van der Waals surface area contributed by atoms with Crippen LogP contribution in [0.2, 0.25) is 0 Å². The van der Waals surface area contributed by atoms with Gasteiger partial charge in [0.2, 0.25) is 0 Å². The average molecular weight is 247 g/mol. The summed E-state index contributed by atoms with van der Waals surface area (Å²) in [6, 6.07) is 4.24. The number of hydrogen-bond acceptors (Lipinski definition) is 1. The van der Waals surface area contributed by atoms with Crippen LogP contribution in [0.4, 0.5) is 0 Å². The van der Waals surface area contributed by atoms with Gasteiger partial charge in [-0.3, -0.25) is 0 Å². The smallest absolute Gasteiger partial charge is 0.779 e. The standard InChI is InChI=1S/C9H12S.Mo/c1-6-4-7(2)9(10)8(3)5-6;/h4-5,10H,1-3H3;/q;+4/p-1. The molecule has 11 heavy (non-hydrogen) atoms. The van der Waals surface area contributed by atoms with Gasteiger partial charge < -0.3 is 12.6 Å². The van der Waals surface area contributed by atoms with Gasteiger partial charge >= 0.3 is 21.1 Å². The van der Waals surface area contributed by atoms with E-state index in [2.05, 4.69) is 32.9 Å². The number of hydrogen-bond donors (Lipinski definition) is 0. The molecule has 0 radical (unpaired) electrons. The van der Waals surface area contributed by atoms with Crippen LogP contribution in [0.1, 0.15) is 16.7 Å². The maximum atomic E-state index is 5.15. The minimum absolute atomic E-state index is 0. The first-order valence-electron chi connectivity index (χ1n) is 3.36. The fraction of sp³-hybridized carbons (Fsp3) is 0.333. The van der Waals surface area contributed by atoms with Crippen LogP contribution in [0.15, 0.2) is 17.0 Å². The second-order valence-electron chi connectivity index (χ2n) is 2.73. The summed E-state index contributed by atoms with van der Waals surface area (Å²) in [6.45, 7) is 6.21. The Hall–Kier alpha value is 0.128. The van der Waals surface area contributed by atoms with E-state index in [1.165, 1.54) is 16.7 Å². The first-order valence-corrected chi connectivity index (χ1v) is 3.77. The van der Waals surface area contributed by atoms with Crippen LogP contribution < -0.4 is 0 Å². The van der Waals surface area contributed by atoms with E-state index in [0.717, 1.165) is 4.90 Å². The Kier molecular flexibility index (Phi) is 4.28. The maximum absolute atomic E-state index is 5.15. The van der Waals surface area contributed by atoms with Crippen LogP contribution in [-0.2, 0) is 33.7 Å². The van der Waals surface area contributed by atoms with Crippen molar-refractivity contribution in [3.63, 3.8) is 0 Å². The monoisotopic (exact) mass is 249 g/mol. The third-order valence-corrected chi connectivity index (χ3v) is 2.25. The van der Waals surface area contributed by atoms with Crippen molar-refractivity contribution in [2.75, 3.05) is 0 Å². The summed E-state index contributed by atoms with van der Waals surface area (Å²) in [5.41, 5.74) is 3.73. The molecule has 0 amide bonds. The zero-order valence-electron chi connectivity index (χ0n) is 6.97. The van der Waals surface area contributed by atoms with Crippen LogP contribution in [0.5, 0.6) is 0 Å². The zero-order valence-corrected chi connectivity index (χ0v) is 9.79. The summed E-state index contributed by atoms with van der Waals surface area (Å²) in [6.07, 6.45) is 0. The van der Waals surface area contributed by atoms with Crippen LogP contribution in [-0.4, -0.2) is 0 Å². The van der Waals surface area contributed by atoms with Crippen molar-refractivity contribution < 1.29 is 21.1 Å². The Morgan fingerprint density at radius 2 is 1.36 bits per heavy atom. The molecular weight excluding hydrogens is 236 g/mol. The molecule has 0 aliphatic rings. The average Bonchev–Trinajstić information content (AvgIpc) is 1.82. The molecule has 0 unspecified atom stereocenters. The Bertz CT molecular complexity index is 233. The van der Waals surface area contributed by atoms with E-state index in [0.29, 0.717) is 0 Å². The van der Waals surface area contributed by atoms with Gasteiger partial charge in [0.15, 0.2) is 0 Å². The van der Waals surface area contributed by atoms with Crippen molar-refractivity contribution in [1.29, 1.82) is 0 Å². The zero-order chi connectivity index (χ0) is 7.72. The second-order valence-corrected chi connectivity index (χ2v) is 3.14. The molecule has 0 nitrogen and oxygen atoms in total. The maximum Gasteiger partial charge on any atom is 4.00 e. The summed E-state index contributed by atoms with van der Waals surface area (Å²) in [7, 11) is 0. The summed E-state index contributed by atoms with van der Waals surface area (Å²) >= 11 is 5.15. The molecule has 1 aromatic carbocycles. The van der Waals surface area contributed by atoms with E-state index in [1.807, 2.05) is 0 Å². The minimum Gasteiger partial charge on any atom is -0.779 e. The van der Waals surface area contributed by atoms with E-state index in [-0.39, 0.29) is 21.1 Å². The van der Waals surface area contributed by atoms with Gasteiger partial charge in [-0.05, 0) is 20.8 Å². The fourth-order valence-electron chi connectivity index (χ4n) is 1.17. The van der Waals surface area contributed by atoms with Gasteiger partial charge in [0.1, 0.15) is 0 Å². The van der Waals surface area contributed by atoms with Crippen molar-refractivity contribution in [3.8, 4) is 0 Å². The van der Waals surface area contributed by atoms with Gasteiger partial charge in [0.25, 0.3) is 0 Å². The van der Waals surface area contributed by atoms with E-state index in [4.69, 9.17) is 12.6 Å². The molecule has 0 saturated carbocycles. The first-order chi connectivity index (χ1) is 4.61. The second kappa shape index (κ2) is 4.23. The van der Waals surface area contributed by atoms with Crippen LogP contribution in [0, 0.1) is 20.8 Å².